The van der Waals surface area contributed by atoms with Crippen LogP contribution >= 0.6 is 23.1 Å². The summed E-state index contributed by atoms with van der Waals surface area (Å²) in [6, 6.07) is 12.5. The average Bonchev–Trinajstić information content (AvgIpc) is 3.57. The molecule has 1 saturated carbocycles. The topological polar surface area (TPSA) is 118 Å². The molecule has 35 heavy (non-hydrogen) atoms. The number of thiazole rings is 1. The number of anilines is 2. The fourth-order valence-corrected chi connectivity index (χ4v) is 6.69. The van der Waals surface area contributed by atoms with E-state index in [0.717, 1.165) is 26.7 Å². The highest BCUT2D eigenvalue weighted by atomic mass is 32.2. The number of carbonyl (C=O) groups excluding carboxylic acids is 2. The van der Waals surface area contributed by atoms with Gasteiger partial charge in [-0.05, 0) is 60.7 Å². The van der Waals surface area contributed by atoms with Crippen LogP contribution in [0.5, 0.6) is 5.75 Å². The van der Waals surface area contributed by atoms with Gasteiger partial charge < -0.3 is 20.5 Å². The van der Waals surface area contributed by atoms with Crippen LogP contribution in [0, 0.1) is 23.7 Å². The largest absolute Gasteiger partial charge is 0.497 e. The highest BCUT2D eigenvalue weighted by molar-refractivity contribution is 8.01. The van der Waals surface area contributed by atoms with Gasteiger partial charge in [-0.15, -0.1) is 11.3 Å². The number of carboxylic acid groups (broad SMARTS) is 1. The standard InChI is InChI=1S/C25H23N3O5S2/c1-33-17-7-4-15(5-8-17)26-20(29)12-34-25-28-18-9-6-16(11-19(18)35-25)27-23(30)21-13-2-3-14(10-13)22(21)24(31)32/h2-9,11,13-14,21-22H,10,12H2,1H3,(H,26,29)(H,27,30)(H,31,32)/t13-,14-,21-,22+/m0/s1. The zero-order valence-electron chi connectivity index (χ0n) is 18.8. The number of thioether (sulfide) groups is 1. The first-order valence-corrected chi connectivity index (χ1v) is 12.9. The summed E-state index contributed by atoms with van der Waals surface area (Å²) in [5, 5.41) is 15.4. The van der Waals surface area contributed by atoms with E-state index < -0.39 is 17.8 Å². The van der Waals surface area contributed by atoms with Crippen LogP contribution in [0.3, 0.4) is 0 Å². The summed E-state index contributed by atoms with van der Waals surface area (Å²) in [4.78, 5) is 41.5. The summed E-state index contributed by atoms with van der Waals surface area (Å²) in [5.41, 5.74) is 2.07. The predicted octanol–water partition coefficient (Wildman–Crippen LogP) is 4.50. The quantitative estimate of drug-likeness (QED) is 0.302. The van der Waals surface area contributed by atoms with Gasteiger partial charge in [-0.25, -0.2) is 4.98 Å². The number of carbonyl (C=O) groups is 3. The van der Waals surface area contributed by atoms with Crippen LogP contribution in [0.2, 0.25) is 0 Å². The predicted molar refractivity (Wildman–Crippen MR) is 136 cm³/mol. The number of benzene rings is 2. The molecule has 10 heteroatoms. The minimum Gasteiger partial charge on any atom is -0.497 e. The summed E-state index contributed by atoms with van der Waals surface area (Å²) in [7, 11) is 1.59. The SMILES string of the molecule is COc1ccc(NC(=O)CSc2nc3ccc(NC(=O)[C@@H]4[C@H](C(=O)O)[C@H]5C=C[C@H]4C5)cc3s2)cc1. The molecule has 180 valence electrons. The Labute approximate surface area is 209 Å². The van der Waals surface area contributed by atoms with Crippen molar-refractivity contribution in [2.75, 3.05) is 23.5 Å². The van der Waals surface area contributed by atoms with Crippen molar-refractivity contribution in [2.24, 2.45) is 23.7 Å². The fourth-order valence-electron chi connectivity index (χ4n) is 4.78. The van der Waals surface area contributed by atoms with Gasteiger partial charge in [-0.2, -0.15) is 0 Å². The Hall–Kier alpha value is -3.37. The van der Waals surface area contributed by atoms with Crippen molar-refractivity contribution in [3.8, 4) is 5.75 Å². The van der Waals surface area contributed by atoms with E-state index >= 15 is 0 Å². The summed E-state index contributed by atoms with van der Waals surface area (Å²) in [6.07, 6.45) is 4.61. The van der Waals surface area contributed by atoms with Crippen LogP contribution in [-0.4, -0.2) is 40.7 Å². The van der Waals surface area contributed by atoms with Crippen LogP contribution in [0.25, 0.3) is 10.2 Å². The molecule has 4 atom stereocenters. The molecule has 3 aromatic rings. The van der Waals surface area contributed by atoms with Gasteiger partial charge >= 0.3 is 5.97 Å². The first kappa shape index (κ1) is 23.4. The number of nitrogens with zero attached hydrogens (tertiary/aromatic N) is 1. The van der Waals surface area contributed by atoms with Crippen LogP contribution in [-0.2, 0) is 14.4 Å². The van der Waals surface area contributed by atoms with E-state index in [2.05, 4.69) is 15.6 Å². The number of amides is 2. The Morgan fingerprint density at radius 2 is 1.77 bits per heavy atom. The molecule has 3 N–H and O–H groups in total. The molecular weight excluding hydrogens is 486 g/mol. The third-order valence-corrected chi connectivity index (χ3v) is 8.55. The molecule has 5 rings (SSSR count). The Bertz CT molecular complexity index is 1320. The number of aromatic nitrogens is 1. The monoisotopic (exact) mass is 509 g/mol. The van der Waals surface area contributed by atoms with Crippen LogP contribution in [0.15, 0.2) is 59.0 Å². The number of aliphatic carboxylic acids is 1. The lowest BCUT2D eigenvalue weighted by Gasteiger charge is -2.23. The van der Waals surface area contributed by atoms with E-state index in [9.17, 15) is 19.5 Å². The average molecular weight is 510 g/mol. The second-order valence-electron chi connectivity index (χ2n) is 8.55. The molecule has 2 aromatic carbocycles. The third-order valence-electron chi connectivity index (χ3n) is 6.38. The lowest BCUT2D eigenvalue weighted by Crippen LogP contribution is -2.36. The molecule has 0 saturated heterocycles. The molecule has 2 aliphatic carbocycles. The summed E-state index contributed by atoms with van der Waals surface area (Å²) in [5.74, 6) is -1.72. The first-order valence-electron chi connectivity index (χ1n) is 11.1. The van der Waals surface area contributed by atoms with Gasteiger partial charge in [0.05, 0.1) is 34.9 Å². The van der Waals surface area contributed by atoms with E-state index in [0.29, 0.717) is 11.4 Å². The maximum absolute atomic E-state index is 12.9. The van der Waals surface area contributed by atoms with Gasteiger partial charge in [0.2, 0.25) is 11.8 Å². The summed E-state index contributed by atoms with van der Waals surface area (Å²) >= 11 is 2.78. The molecule has 0 aliphatic heterocycles. The minimum atomic E-state index is -0.919. The number of hydrogen-bond acceptors (Lipinski definition) is 7. The normalized spacial score (nSPS) is 22.3. The smallest absolute Gasteiger partial charge is 0.307 e. The molecular formula is C25H23N3O5S2. The number of rotatable bonds is 8. The molecule has 1 fully saturated rings. The maximum Gasteiger partial charge on any atom is 0.307 e. The second kappa shape index (κ2) is 9.71. The molecule has 2 amide bonds. The number of methoxy groups -OCH3 is 1. The van der Waals surface area contributed by atoms with Crippen molar-refractivity contribution in [2.45, 2.75) is 10.8 Å². The van der Waals surface area contributed by atoms with E-state index in [1.807, 2.05) is 24.3 Å². The van der Waals surface area contributed by atoms with Crippen molar-refractivity contribution in [1.29, 1.82) is 0 Å². The first-order chi connectivity index (χ1) is 16.9. The molecule has 0 spiro atoms. The number of allylic oxidation sites excluding steroid dienone is 2. The fraction of sp³-hybridized carbons (Fsp3) is 0.280. The number of ether oxygens (including phenoxy) is 1. The lowest BCUT2D eigenvalue weighted by molar-refractivity contribution is -0.146. The van der Waals surface area contributed by atoms with Crippen molar-refractivity contribution in [1.82, 2.24) is 4.98 Å². The summed E-state index contributed by atoms with van der Waals surface area (Å²) in [6.45, 7) is 0. The second-order valence-corrected chi connectivity index (χ2v) is 10.8. The Morgan fingerprint density at radius 3 is 2.49 bits per heavy atom. The molecule has 8 nitrogen and oxygen atoms in total. The number of nitrogens with one attached hydrogen (secondary N) is 2. The lowest BCUT2D eigenvalue weighted by atomic mass is 9.82. The van der Waals surface area contributed by atoms with Gasteiger partial charge in [0, 0.05) is 11.4 Å². The van der Waals surface area contributed by atoms with Gasteiger partial charge in [0.1, 0.15) is 5.75 Å². The molecule has 1 aromatic heterocycles. The molecule has 0 unspecified atom stereocenters. The van der Waals surface area contributed by atoms with Gasteiger partial charge in [0.15, 0.2) is 4.34 Å². The van der Waals surface area contributed by atoms with Crippen LogP contribution < -0.4 is 15.4 Å². The number of carboxylic acids is 1. The molecule has 1 heterocycles. The van der Waals surface area contributed by atoms with Crippen molar-refractivity contribution in [3.63, 3.8) is 0 Å². The van der Waals surface area contributed by atoms with E-state index in [4.69, 9.17) is 4.74 Å². The third kappa shape index (κ3) is 4.89. The molecule has 0 radical (unpaired) electrons. The maximum atomic E-state index is 12.9. The number of hydrogen-bond donors (Lipinski definition) is 3. The highest BCUT2D eigenvalue weighted by Gasteiger charge is 2.51. The zero-order valence-corrected chi connectivity index (χ0v) is 20.4. The van der Waals surface area contributed by atoms with Crippen molar-refractivity contribution in [3.05, 3.63) is 54.6 Å². The molecule has 2 aliphatic rings. The Morgan fingerprint density at radius 1 is 1.06 bits per heavy atom. The van der Waals surface area contributed by atoms with Gasteiger partial charge in [-0.1, -0.05) is 23.9 Å². The van der Waals surface area contributed by atoms with Gasteiger partial charge in [0.25, 0.3) is 0 Å². The number of fused-ring (bicyclic) bond motifs is 3. The van der Waals surface area contributed by atoms with E-state index in [1.165, 1.54) is 23.1 Å². The Kier molecular flexibility index (Phi) is 6.48. The van der Waals surface area contributed by atoms with Crippen molar-refractivity contribution >= 4 is 62.5 Å². The van der Waals surface area contributed by atoms with E-state index in [-0.39, 0.29) is 29.4 Å². The highest BCUT2D eigenvalue weighted by Crippen LogP contribution is 2.48. The van der Waals surface area contributed by atoms with Crippen molar-refractivity contribution < 1.29 is 24.2 Å². The van der Waals surface area contributed by atoms with Crippen LogP contribution in [0.1, 0.15) is 6.42 Å². The Balaban J connectivity index is 1.20. The summed E-state index contributed by atoms with van der Waals surface area (Å²) < 4.78 is 6.74. The molecule has 2 bridgehead atoms. The minimum absolute atomic E-state index is 0.0275. The zero-order chi connectivity index (χ0) is 24.5. The van der Waals surface area contributed by atoms with Gasteiger partial charge in [-0.3, -0.25) is 14.4 Å². The van der Waals surface area contributed by atoms with Crippen LogP contribution in [0.4, 0.5) is 11.4 Å². The van der Waals surface area contributed by atoms with E-state index in [1.54, 1.807) is 37.4 Å².